The van der Waals surface area contributed by atoms with Crippen LogP contribution in [0.5, 0.6) is 5.75 Å². The third-order valence-corrected chi connectivity index (χ3v) is 7.43. The number of fused-ring (bicyclic) bond motifs is 3. The van der Waals surface area contributed by atoms with Crippen molar-refractivity contribution >= 4 is 57.8 Å². The van der Waals surface area contributed by atoms with Crippen LogP contribution in [0.4, 0.5) is 18.0 Å². The zero-order chi connectivity index (χ0) is 28.4. The number of benzene rings is 2. The molecule has 0 fully saturated rings. The first kappa shape index (κ1) is 28.3. The van der Waals surface area contributed by atoms with Crippen LogP contribution < -0.4 is 10.1 Å². The lowest BCUT2D eigenvalue weighted by atomic mass is 10.0. The van der Waals surface area contributed by atoms with Crippen LogP contribution >= 0.6 is 34.8 Å². The molecule has 40 heavy (non-hydrogen) atoms. The average molecular weight is 610 g/mol. The number of ether oxygens (including phenoxy) is 1. The molecule has 0 aliphatic carbocycles. The van der Waals surface area contributed by atoms with Gasteiger partial charge in [0, 0.05) is 49.9 Å². The molecule has 0 atom stereocenters. The Bertz CT molecular complexity index is 1600. The van der Waals surface area contributed by atoms with Gasteiger partial charge in [0.1, 0.15) is 10.9 Å². The number of amides is 1. The molecule has 4 aromatic rings. The topological polar surface area (TPSA) is 59.4 Å². The molecular formula is C28H22Cl3F3N4O2. The molecule has 208 valence electrons. The molecule has 2 aromatic heterocycles. The minimum absolute atomic E-state index is 0.205. The second-order valence-corrected chi connectivity index (χ2v) is 10.4. The minimum atomic E-state index is -4.83. The van der Waals surface area contributed by atoms with E-state index in [0.29, 0.717) is 52.2 Å². The molecule has 1 aliphatic rings. The summed E-state index contributed by atoms with van der Waals surface area (Å²) in [6.45, 7) is 1.87. The lowest BCUT2D eigenvalue weighted by Crippen LogP contribution is -2.34. The Labute approximate surface area is 242 Å². The van der Waals surface area contributed by atoms with Gasteiger partial charge in [0.2, 0.25) is 0 Å². The number of nitrogens with one attached hydrogen (secondary N) is 1. The predicted molar refractivity (Wildman–Crippen MR) is 150 cm³/mol. The molecule has 0 radical (unpaired) electrons. The molecule has 3 heterocycles. The maximum atomic E-state index is 13.4. The fraction of sp³-hybridized carbons (Fsp3) is 0.214. The van der Waals surface area contributed by atoms with Gasteiger partial charge >= 0.3 is 12.4 Å². The van der Waals surface area contributed by atoms with Crippen LogP contribution in [0.15, 0.2) is 60.8 Å². The monoisotopic (exact) mass is 608 g/mol. The van der Waals surface area contributed by atoms with E-state index in [0.717, 1.165) is 22.4 Å². The predicted octanol–water partition coefficient (Wildman–Crippen LogP) is 7.72. The number of halogens is 6. The van der Waals surface area contributed by atoms with Crippen molar-refractivity contribution in [2.24, 2.45) is 0 Å². The number of carbonyl (C=O) groups is 1. The third kappa shape index (κ3) is 6.55. The van der Waals surface area contributed by atoms with E-state index in [4.69, 9.17) is 34.8 Å². The number of alkyl halides is 3. The van der Waals surface area contributed by atoms with E-state index in [1.807, 2.05) is 18.2 Å². The van der Waals surface area contributed by atoms with Crippen molar-refractivity contribution in [3.05, 3.63) is 98.4 Å². The summed E-state index contributed by atoms with van der Waals surface area (Å²) in [5.41, 5.74) is 3.68. The van der Waals surface area contributed by atoms with E-state index in [-0.39, 0.29) is 12.3 Å². The number of pyridine rings is 1. The Morgan fingerprint density at radius 1 is 1.07 bits per heavy atom. The molecular weight excluding hydrogens is 588 g/mol. The van der Waals surface area contributed by atoms with Gasteiger partial charge in [0.15, 0.2) is 0 Å². The quantitative estimate of drug-likeness (QED) is 0.227. The van der Waals surface area contributed by atoms with Gasteiger partial charge in [-0.3, -0.25) is 9.47 Å². The highest BCUT2D eigenvalue weighted by atomic mass is 35.5. The smallest absolute Gasteiger partial charge is 0.406 e. The normalized spacial score (nSPS) is 14.1. The zero-order valence-corrected chi connectivity index (χ0v) is 23.1. The van der Waals surface area contributed by atoms with Crippen LogP contribution in [-0.4, -0.2) is 39.9 Å². The molecule has 1 amide bonds. The highest BCUT2D eigenvalue weighted by Gasteiger charge is 2.32. The first-order valence-electron chi connectivity index (χ1n) is 12.2. The molecule has 6 nitrogen and oxygen atoms in total. The number of hydrogen-bond donors (Lipinski definition) is 1. The Hall–Kier alpha value is -3.24. The maximum absolute atomic E-state index is 13.4. The van der Waals surface area contributed by atoms with Crippen molar-refractivity contribution < 1.29 is 22.7 Å². The SMILES string of the molecule is O=C(NCc1ccnc(Cl)c1)n1c2c(c3cc(OC(F)(F)F)ccc31)CN(C/C=C/c1ccc(Cl)c(Cl)c1)CC2. The van der Waals surface area contributed by atoms with Crippen LogP contribution in [0.2, 0.25) is 15.2 Å². The van der Waals surface area contributed by atoms with E-state index >= 15 is 0 Å². The fourth-order valence-electron chi connectivity index (χ4n) is 4.74. The van der Waals surface area contributed by atoms with Gasteiger partial charge in [-0.1, -0.05) is 53.0 Å². The van der Waals surface area contributed by atoms with Crippen molar-refractivity contribution in [1.82, 2.24) is 19.8 Å². The maximum Gasteiger partial charge on any atom is 0.573 e. The third-order valence-electron chi connectivity index (χ3n) is 6.49. The number of nitrogens with zero attached hydrogens (tertiary/aromatic N) is 3. The van der Waals surface area contributed by atoms with Crippen molar-refractivity contribution in [1.29, 1.82) is 0 Å². The first-order valence-corrected chi connectivity index (χ1v) is 13.4. The fourth-order valence-corrected chi connectivity index (χ4v) is 5.24. The number of aromatic nitrogens is 2. The van der Waals surface area contributed by atoms with Crippen molar-refractivity contribution in [2.75, 3.05) is 13.1 Å². The van der Waals surface area contributed by atoms with Crippen molar-refractivity contribution in [2.45, 2.75) is 25.9 Å². The Morgan fingerprint density at radius 2 is 1.90 bits per heavy atom. The van der Waals surface area contributed by atoms with Gasteiger partial charge in [0.05, 0.1) is 15.6 Å². The summed E-state index contributed by atoms with van der Waals surface area (Å²) in [4.78, 5) is 19.5. The molecule has 1 N–H and O–H groups in total. The van der Waals surface area contributed by atoms with E-state index in [1.165, 1.54) is 22.8 Å². The summed E-state index contributed by atoms with van der Waals surface area (Å²) < 4.78 is 44.6. The lowest BCUT2D eigenvalue weighted by molar-refractivity contribution is -0.274. The van der Waals surface area contributed by atoms with Gasteiger partial charge in [-0.25, -0.2) is 9.78 Å². The van der Waals surface area contributed by atoms with Gasteiger partial charge in [0.25, 0.3) is 0 Å². The van der Waals surface area contributed by atoms with E-state index in [1.54, 1.807) is 30.5 Å². The van der Waals surface area contributed by atoms with Gasteiger partial charge in [-0.05, 0) is 59.2 Å². The van der Waals surface area contributed by atoms with Gasteiger partial charge < -0.3 is 10.1 Å². The lowest BCUT2D eigenvalue weighted by Gasteiger charge is -2.27. The Morgan fingerprint density at radius 3 is 2.65 bits per heavy atom. The molecule has 0 bridgehead atoms. The Kier molecular flexibility index (Phi) is 8.28. The summed E-state index contributed by atoms with van der Waals surface area (Å²) in [6, 6.07) is 12.4. The molecule has 5 rings (SSSR count). The van der Waals surface area contributed by atoms with Gasteiger partial charge in [-0.15, -0.1) is 13.2 Å². The minimum Gasteiger partial charge on any atom is -0.406 e. The first-order chi connectivity index (χ1) is 19.1. The Balaban J connectivity index is 1.42. The van der Waals surface area contributed by atoms with Crippen LogP contribution in [-0.2, 0) is 19.5 Å². The highest BCUT2D eigenvalue weighted by Crippen LogP contribution is 2.35. The molecule has 0 saturated heterocycles. The standard InChI is InChI=1S/C28H22Cl3F3N4O2/c29-22-5-3-17(12-23(22)30)2-1-10-37-11-8-25-21(16-37)20-14-19(40-28(32,33)34)4-6-24(20)38(25)27(39)36-15-18-7-9-35-26(31)13-18/h1-7,9,12-14H,8,10-11,15-16H2,(H,36,39)/b2-1+. The van der Waals surface area contributed by atoms with E-state index in [9.17, 15) is 18.0 Å². The molecule has 0 unspecified atom stereocenters. The number of hydrogen-bond acceptors (Lipinski definition) is 4. The average Bonchev–Trinajstić information content (AvgIpc) is 3.21. The molecule has 0 saturated carbocycles. The number of rotatable bonds is 6. The van der Waals surface area contributed by atoms with Crippen LogP contribution in [0.25, 0.3) is 17.0 Å². The zero-order valence-electron chi connectivity index (χ0n) is 20.8. The molecule has 2 aromatic carbocycles. The van der Waals surface area contributed by atoms with Gasteiger partial charge in [-0.2, -0.15) is 0 Å². The second kappa shape index (κ2) is 11.7. The summed E-state index contributed by atoms with van der Waals surface area (Å²) in [5, 5.41) is 4.64. The van der Waals surface area contributed by atoms with Crippen LogP contribution in [0.1, 0.15) is 22.4 Å². The summed E-state index contributed by atoms with van der Waals surface area (Å²) in [6.07, 6.45) is 1.14. The van der Waals surface area contributed by atoms with E-state index in [2.05, 4.69) is 19.9 Å². The molecule has 1 aliphatic heterocycles. The highest BCUT2D eigenvalue weighted by molar-refractivity contribution is 6.42. The molecule has 0 spiro atoms. The van der Waals surface area contributed by atoms with Crippen molar-refractivity contribution in [3.8, 4) is 5.75 Å². The van der Waals surface area contributed by atoms with Crippen LogP contribution in [0, 0.1) is 0 Å². The largest absolute Gasteiger partial charge is 0.573 e. The summed E-state index contributed by atoms with van der Waals surface area (Å²) in [5.74, 6) is -0.344. The summed E-state index contributed by atoms with van der Waals surface area (Å²) in [7, 11) is 0. The second-order valence-electron chi connectivity index (χ2n) is 9.19. The van der Waals surface area contributed by atoms with E-state index < -0.39 is 12.4 Å². The number of carbonyl (C=O) groups excluding carboxylic acids is 1. The van der Waals surface area contributed by atoms with Crippen molar-refractivity contribution in [3.63, 3.8) is 0 Å². The molecule has 12 heteroatoms. The summed E-state index contributed by atoms with van der Waals surface area (Å²) >= 11 is 18.0. The van der Waals surface area contributed by atoms with Crippen LogP contribution in [0.3, 0.4) is 0 Å².